The molecule has 1 aromatic heterocycles. The SMILES string of the molecule is CC(=O)Nc1ccc(-c2cscn2)c(S(N)(=O)=O)c1. The summed E-state index contributed by atoms with van der Waals surface area (Å²) in [7, 11) is -3.90. The minimum Gasteiger partial charge on any atom is -0.326 e. The molecule has 0 bridgehead atoms. The lowest BCUT2D eigenvalue weighted by molar-refractivity contribution is -0.114. The van der Waals surface area contributed by atoms with E-state index in [0.29, 0.717) is 16.9 Å². The normalized spacial score (nSPS) is 11.3. The molecule has 0 aliphatic heterocycles. The van der Waals surface area contributed by atoms with Crippen molar-refractivity contribution in [3.05, 3.63) is 29.1 Å². The van der Waals surface area contributed by atoms with Gasteiger partial charge in [-0.1, -0.05) is 0 Å². The zero-order valence-corrected chi connectivity index (χ0v) is 11.6. The molecule has 0 aliphatic carbocycles. The predicted molar refractivity (Wildman–Crippen MR) is 73.2 cm³/mol. The van der Waals surface area contributed by atoms with Crippen LogP contribution < -0.4 is 10.5 Å². The van der Waals surface area contributed by atoms with Gasteiger partial charge in [-0.2, -0.15) is 0 Å². The van der Waals surface area contributed by atoms with Gasteiger partial charge in [0.2, 0.25) is 15.9 Å². The van der Waals surface area contributed by atoms with Crippen LogP contribution in [0.3, 0.4) is 0 Å². The van der Waals surface area contributed by atoms with Crippen LogP contribution in [0.5, 0.6) is 0 Å². The Kier molecular flexibility index (Phi) is 3.65. The third kappa shape index (κ3) is 3.16. The largest absolute Gasteiger partial charge is 0.326 e. The topological polar surface area (TPSA) is 102 Å². The Morgan fingerprint density at radius 3 is 2.68 bits per heavy atom. The highest BCUT2D eigenvalue weighted by atomic mass is 32.2. The van der Waals surface area contributed by atoms with Crippen LogP contribution in [0.1, 0.15) is 6.92 Å². The maximum Gasteiger partial charge on any atom is 0.238 e. The second-order valence-corrected chi connectivity index (χ2v) is 6.06. The van der Waals surface area contributed by atoms with E-state index in [2.05, 4.69) is 10.3 Å². The standard InChI is InChI=1S/C11H11N3O3S2/c1-7(15)14-8-2-3-9(10-5-18-6-13-10)11(4-8)19(12,16)17/h2-6H,1H3,(H,14,15)(H2,12,16,17). The molecule has 0 saturated heterocycles. The summed E-state index contributed by atoms with van der Waals surface area (Å²) in [4.78, 5) is 15.0. The number of aromatic nitrogens is 1. The average molecular weight is 297 g/mol. The Morgan fingerprint density at radius 1 is 1.42 bits per heavy atom. The molecular formula is C11H11N3O3S2. The smallest absolute Gasteiger partial charge is 0.238 e. The summed E-state index contributed by atoms with van der Waals surface area (Å²) in [6.07, 6.45) is 0. The number of hydrogen-bond donors (Lipinski definition) is 2. The highest BCUT2D eigenvalue weighted by Gasteiger charge is 2.17. The van der Waals surface area contributed by atoms with Gasteiger partial charge in [0.15, 0.2) is 0 Å². The number of nitrogens with zero attached hydrogens (tertiary/aromatic N) is 1. The molecule has 100 valence electrons. The maximum atomic E-state index is 11.6. The number of benzene rings is 1. The second-order valence-electron chi connectivity index (χ2n) is 3.81. The number of carbonyl (C=O) groups excluding carboxylic acids is 1. The van der Waals surface area contributed by atoms with E-state index < -0.39 is 10.0 Å². The van der Waals surface area contributed by atoms with Crippen LogP contribution in [0.25, 0.3) is 11.3 Å². The Hall–Kier alpha value is -1.77. The Labute approximate surface area is 114 Å². The first-order valence-corrected chi connectivity index (χ1v) is 7.70. The summed E-state index contributed by atoms with van der Waals surface area (Å²) < 4.78 is 23.3. The van der Waals surface area contributed by atoms with Crippen molar-refractivity contribution < 1.29 is 13.2 Å². The van der Waals surface area contributed by atoms with Crippen LogP contribution in [0, 0.1) is 0 Å². The van der Waals surface area contributed by atoms with Crippen LogP contribution in [-0.2, 0) is 14.8 Å². The van der Waals surface area contributed by atoms with Gasteiger partial charge < -0.3 is 5.32 Å². The molecule has 1 aromatic carbocycles. The molecule has 0 unspecified atom stereocenters. The number of sulfonamides is 1. The quantitative estimate of drug-likeness (QED) is 0.894. The first-order valence-electron chi connectivity index (χ1n) is 5.21. The lowest BCUT2D eigenvalue weighted by atomic mass is 10.1. The van der Waals surface area contributed by atoms with E-state index in [-0.39, 0.29) is 10.8 Å². The first-order chi connectivity index (χ1) is 8.88. The molecule has 0 radical (unpaired) electrons. The Balaban J connectivity index is 2.59. The zero-order chi connectivity index (χ0) is 14.0. The molecule has 19 heavy (non-hydrogen) atoms. The van der Waals surface area contributed by atoms with Gasteiger partial charge in [-0.15, -0.1) is 11.3 Å². The Morgan fingerprint density at radius 2 is 2.16 bits per heavy atom. The summed E-state index contributed by atoms with van der Waals surface area (Å²) in [5, 5.41) is 9.44. The fourth-order valence-corrected chi connectivity index (χ4v) is 2.92. The van der Waals surface area contributed by atoms with Gasteiger partial charge in [-0.05, 0) is 18.2 Å². The van der Waals surface area contributed by atoms with Gasteiger partial charge in [-0.3, -0.25) is 4.79 Å². The van der Waals surface area contributed by atoms with Crippen molar-refractivity contribution in [2.45, 2.75) is 11.8 Å². The minimum atomic E-state index is -3.90. The molecule has 8 heteroatoms. The molecule has 2 aromatic rings. The third-order valence-corrected chi connectivity index (χ3v) is 3.85. The molecule has 1 heterocycles. The number of hydrogen-bond acceptors (Lipinski definition) is 5. The number of primary sulfonamides is 1. The van der Waals surface area contributed by atoms with E-state index in [0.717, 1.165) is 0 Å². The molecule has 2 rings (SSSR count). The van der Waals surface area contributed by atoms with Crippen LogP contribution >= 0.6 is 11.3 Å². The number of amides is 1. The summed E-state index contributed by atoms with van der Waals surface area (Å²) in [6.45, 7) is 1.34. The van der Waals surface area contributed by atoms with Crippen molar-refractivity contribution in [1.82, 2.24) is 4.98 Å². The number of anilines is 1. The summed E-state index contributed by atoms with van der Waals surface area (Å²) >= 11 is 1.35. The van der Waals surface area contributed by atoms with Gasteiger partial charge in [0, 0.05) is 23.6 Å². The molecule has 0 saturated carbocycles. The molecule has 3 N–H and O–H groups in total. The van der Waals surface area contributed by atoms with E-state index in [4.69, 9.17) is 5.14 Å². The monoisotopic (exact) mass is 297 g/mol. The fraction of sp³-hybridized carbons (Fsp3) is 0.0909. The van der Waals surface area contributed by atoms with E-state index in [1.807, 2.05) is 0 Å². The van der Waals surface area contributed by atoms with Crippen LogP contribution in [0.4, 0.5) is 5.69 Å². The molecule has 0 fully saturated rings. The maximum absolute atomic E-state index is 11.6. The average Bonchev–Trinajstić information content (AvgIpc) is 2.80. The Bertz CT molecular complexity index is 709. The fourth-order valence-electron chi connectivity index (χ4n) is 1.60. The number of rotatable bonds is 3. The number of thiazole rings is 1. The number of nitrogens with one attached hydrogen (secondary N) is 1. The molecule has 0 atom stereocenters. The van der Waals surface area contributed by atoms with Crippen LogP contribution in [-0.4, -0.2) is 19.3 Å². The number of nitrogens with two attached hydrogens (primary N) is 1. The summed E-state index contributed by atoms with van der Waals surface area (Å²) in [6, 6.07) is 4.50. The molecular weight excluding hydrogens is 286 g/mol. The molecule has 0 spiro atoms. The highest BCUT2D eigenvalue weighted by molar-refractivity contribution is 7.89. The molecule has 6 nitrogen and oxygen atoms in total. The van der Waals surface area contributed by atoms with Crippen molar-refractivity contribution in [3.63, 3.8) is 0 Å². The van der Waals surface area contributed by atoms with Gasteiger partial charge >= 0.3 is 0 Å². The van der Waals surface area contributed by atoms with Crippen molar-refractivity contribution in [2.75, 3.05) is 5.32 Å². The van der Waals surface area contributed by atoms with Gasteiger partial charge in [0.05, 0.1) is 16.1 Å². The lowest BCUT2D eigenvalue weighted by Gasteiger charge is -2.09. The van der Waals surface area contributed by atoms with E-state index >= 15 is 0 Å². The van der Waals surface area contributed by atoms with Crippen molar-refractivity contribution >= 4 is 33.0 Å². The van der Waals surface area contributed by atoms with Crippen molar-refractivity contribution in [3.8, 4) is 11.3 Å². The lowest BCUT2D eigenvalue weighted by Crippen LogP contribution is -2.14. The number of carbonyl (C=O) groups is 1. The van der Waals surface area contributed by atoms with E-state index in [9.17, 15) is 13.2 Å². The van der Waals surface area contributed by atoms with E-state index in [1.54, 1.807) is 23.0 Å². The first kappa shape index (κ1) is 13.7. The minimum absolute atomic E-state index is 0.0651. The van der Waals surface area contributed by atoms with Crippen LogP contribution in [0.15, 0.2) is 34.0 Å². The van der Waals surface area contributed by atoms with Gasteiger partial charge in [-0.25, -0.2) is 18.5 Å². The molecule has 0 aliphatic rings. The van der Waals surface area contributed by atoms with E-state index in [1.165, 1.54) is 24.3 Å². The highest BCUT2D eigenvalue weighted by Crippen LogP contribution is 2.29. The summed E-state index contributed by atoms with van der Waals surface area (Å²) in [5.74, 6) is -0.290. The van der Waals surface area contributed by atoms with Crippen LogP contribution in [0.2, 0.25) is 0 Å². The summed E-state index contributed by atoms with van der Waals surface area (Å²) in [5.41, 5.74) is 2.92. The van der Waals surface area contributed by atoms with Crippen molar-refractivity contribution in [2.24, 2.45) is 5.14 Å². The van der Waals surface area contributed by atoms with Gasteiger partial charge in [0.1, 0.15) is 0 Å². The zero-order valence-electron chi connectivity index (χ0n) is 9.95. The third-order valence-electron chi connectivity index (χ3n) is 2.32. The second kappa shape index (κ2) is 5.08. The van der Waals surface area contributed by atoms with Gasteiger partial charge in [0.25, 0.3) is 0 Å². The van der Waals surface area contributed by atoms with Crippen molar-refractivity contribution in [1.29, 1.82) is 0 Å². The predicted octanol–water partition coefficient (Wildman–Crippen LogP) is 1.42. The molecule has 1 amide bonds.